The first-order valence-electron chi connectivity index (χ1n) is 4.29. The number of esters is 1. The summed E-state index contributed by atoms with van der Waals surface area (Å²) in [5.74, 6) is -0.429. The molecule has 1 atom stereocenters. The summed E-state index contributed by atoms with van der Waals surface area (Å²) >= 11 is 1.42. The highest BCUT2D eigenvalue weighted by Crippen LogP contribution is 2.32. The zero-order chi connectivity index (χ0) is 10.6. The van der Waals surface area contributed by atoms with Crippen LogP contribution in [0.1, 0.15) is 25.1 Å². The second-order valence-corrected chi connectivity index (χ2v) is 3.81. The van der Waals surface area contributed by atoms with Gasteiger partial charge in [-0.05, 0) is 11.4 Å². The van der Waals surface area contributed by atoms with Crippen molar-refractivity contribution in [3.8, 4) is 6.07 Å². The predicted molar refractivity (Wildman–Crippen MR) is 53.7 cm³/mol. The maximum atomic E-state index is 10.9. The van der Waals surface area contributed by atoms with E-state index in [0.29, 0.717) is 6.42 Å². The molecule has 4 heteroatoms. The minimum Gasteiger partial charge on any atom is -0.439 e. The largest absolute Gasteiger partial charge is 0.439 e. The zero-order valence-electron chi connectivity index (χ0n) is 8.11. The van der Waals surface area contributed by atoms with Crippen LogP contribution < -0.4 is 0 Å². The molecule has 0 aromatic carbocycles. The van der Waals surface area contributed by atoms with Gasteiger partial charge in [0.1, 0.15) is 6.07 Å². The number of hydrogen-bond acceptors (Lipinski definition) is 4. The molecule has 0 N–H and O–H groups in total. The Morgan fingerprint density at radius 2 is 2.50 bits per heavy atom. The van der Waals surface area contributed by atoms with Gasteiger partial charge >= 0.3 is 5.97 Å². The normalized spacial score (nSPS) is 14.1. The fourth-order valence-electron chi connectivity index (χ4n) is 1.21. The van der Waals surface area contributed by atoms with Crippen molar-refractivity contribution < 1.29 is 9.53 Å². The fraction of sp³-hybridized carbons (Fsp3) is 0.400. The Labute approximate surface area is 86.9 Å². The molecule has 1 aromatic heterocycles. The van der Waals surface area contributed by atoms with Gasteiger partial charge < -0.3 is 4.74 Å². The molecule has 0 aliphatic heterocycles. The summed E-state index contributed by atoms with van der Waals surface area (Å²) in [6.45, 7) is 3.14. The van der Waals surface area contributed by atoms with Gasteiger partial charge in [-0.15, -0.1) is 11.3 Å². The first-order valence-corrected chi connectivity index (χ1v) is 5.17. The molecule has 1 heterocycles. The van der Waals surface area contributed by atoms with E-state index in [4.69, 9.17) is 10.00 Å². The van der Waals surface area contributed by atoms with Gasteiger partial charge in [0.2, 0.25) is 5.60 Å². The number of ether oxygens (including phenoxy) is 1. The number of rotatable bonds is 3. The van der Waals surface area contributed by atoms with Crippen LogP contribution in [0.3, 0.4) is 0 Å². The van der Waals surface area contributed by atoms with Crippen LogP contribution in [0.5, 0.6) is 0 Å². The molecule has 0 radical (unpaired) electrons. The highest BCUT2D eigenvalue weighted by Gasteiger charge is 2.34. The predicted octanol–water partition coefficient (Wildman–Crippen LogP) is 2.44. The van der Waals surface area contributed by atoms with Crippen LogP contribution in [-0.2, 0) is 15.1 Å². The molecule has 1 aromatic rings. The minimum absolute atomic E-state index is 0.429. The van der Waals surface area contributed by atoms with Crippen LogP contribution >= 0.6 is 11.3 Å². The van der Waals surface area contributed by atoms with Gasteiger partial charge in [0.15, 0.2) is 0 Å². The van der Waals surface area contributed by atoms with Crippen LogP contribution in [0, 0.1) is 11.3 Å². The maximum absolute atomic E-state index is 10.9. The fourth-order valence-corrected chi connectivity index (χ4v) is 2.09. The molecule has 0 saturated heterocycles. The van der Waals surface area contributed by atoms with Gasteiger partial charge in [-0.3, -0.25) is 4.79 Å². The van der Waals surface area contributed by atoms with E-state index >= 15 is 0 Å². The average Bonchev–Trinajstić information content (AvgIpc) is 2.67. The SMILES string of the molecule is CC[C@@](C#N)(OC(C)=O)c1cccs1. The highest BCUT2D eigenvalue weighted by atomic mass is 32.1. The first-order chi connectivity index (χ1) is 6.64. The van der Waals surface area contributed by atoms with Gasteiger partial charge in [0.05, 0.1) is 4.88 Å². The third kappa shape index (κ3) is 1.94. The van der Waals surface area contributed by atoms with Gasteiger partial charge in [0.25, 0.3) is 0 Å². The molecule has 1 rings (SSSR count). The van der Waals surface area contributed by atoms with E-state index in [-0.39, 0.29) is 0 Å². The van der Waals surface area contributed by atoms with Crippen molar-refractivity contribution in [3.63, 3.8) is 0 Å². The third-order valence-corrected chi connectivity index (χ3v) is 2.93. The third-order valence-electron chi connectivity index (χ3n) is 1.92. The van der Waals surface area contributed by atoms with Crippen molar-refractivity contribution in [2.45, 2.75) is 25.9 Å². The number of thiophene rings is 1. The standard InChI is InChI=1S/C10H11NO2S/c1-3-10(7-11,13-8(2)12)9-5-4-6-14-9/h4-6H,3H2,1-2H3/t10-/m0/s1. The van der Waals surface area contributed by atoms with Crippen LogP contribution in [0.4, 0.5) is 0 Å². The molecular weight excluding hydrogens is 198 g/mol. The maximum Gasteiger partial charge on any atom is 0.304 e. The number of hydrogen-bond donors (Lipinski definition) is 0. The summed E-state index contributed by atoms with van der Waals surface area (Å²) in [6.07, 6.45) is 0.462. The van der Waals surface area contributed by atoms with Crippen molar-refractivity contribution in [2.75, 3.05) is 0 Å². The summed E-state index contributed by atoms with van der Waals surface area (Å²) in [6, 6.07) is 5.71. The van der Waals surface area contributed by atoms with E-state index in [2.05, 4.69) is 6.07 Å². The lowest BCUT2D eigenvalue weighted by atomic mass is 10.0. The van der Waals surface area contributed by atoms with Gasteiger partial charge in [-0.25, -0.2) is 0 Å². The van der Waals surface area contributed by atoms with Crippen molar-refractivity contribution in [3.05, 3.63) is 22.4 Å². The van der Waals surface area contributed by atoms with Crippen LogP contribution in [-0.4, -0.2) is 5.97 Å². The number of carbonyl (C=O) groups excluding carboxylic acids is 1. The lowest BCUT2D eigenvalue weighted by Crippen LogP contribution is -2.28. The summed E-state index contributed by atoms with van der Waals surface area (Å²) in [5, 5.41) is 10.9. The second-order valence-electron chi connectivity index (χ2n) is 2.86. The Morgan fingerprint density at radius 3 is 2.86 bits per heavy atom. The first kappa shape index (κ1) is 10.7. The second kappa shape index (κ2) is 4.25. The van der Waals surface area contributed by atoms with Crippen LogP contribution in [0.2, 0.25) is 0 Å². The molecule has 0 amide bonds. The Hall–Kier alpha value is -1.34. The smallest absolute Gasteiger partial charge is 0.304 e. The quantitative estimate of drug-likeness (QED) is 0.718. The Kier molecular flexibility index (Phi) is 3.26. The van der Waals surface area contributed by atoms with Crippen molar-refractivity contribution in [1.82, 2.24) is 0 Å². The molecule has 0 aliphatic rings. The summed E-state index contributed by atoms with van der Waals surface area (Å²) in [4.78, 5) is 11.7. The minimum atomic E-state index is -1.10. The molecule has 14 heavy (non-hydrogen) atoms. The number of nitrogens with zero attached hydrogens (tertiary/aromatic N) is 1. The molecule has 0 bridgehead atoms. The molecule has 0 aliphatic carbocycles. The summed E-state index contributed by atoms with van der Waals surface area (Å²) in [5.41, 5.74) is -1.10. The van der Waals surface area contributed by atoms with Gasteiger partial charge in [-0.1, -0.05) is 13.0 Å². The molecular formula is C10H11NO2S. The highest BCUT2D eigenvalue weighted by molar-refractivity contribution is 7.10. The van der Waals surface area contributed by atoms with Crippen LogP contribution in [0.15, 0.2) is 17.5 Å². The molecule has 0 fully saturated rings. The number of carbonyl (C=O) groups is 1. The number of nitriles is 1. The van der Waals surface area contributed by atoms with Crippen molar-refractivity contribution in [2.24, 2.45) is 0 Å². The zero-order valence-corrected chi connectivity index (χ0v) is 8.93. The molecule has 0 saturated carbocycles. The van der Waals surface area contributed by atoms with Crippen molar-refractivity contribution >= 4 is 17.3 Å². The van der Waals surface area contributed by atoms with Crippen LogP contribution in [0.25, 0.3) is 0 Å². The topological polar surface area (TPSA) is 50.1 Å². The summed E-state index contributed by atoms with van der Waals surface area (Å²) < 4.78 is 5.09. The lowest BCUT2D eigenvalue weighted by Gasteiger charge is -2.23. The molecule has 0 unspecified atom stereocenters. The Morgan fingerprint density at radius 1 is 1.79 bits per heavy atom. The van der Waals surface area contributed by atoms with E-state index in [1.807, 2.05) is 18.4 Å². The van der Waals surface area contributed by atoms with Gasteiger partial charge in [0, 0.05) is 13.3 Å². The molecule has 3 nitrogen and oxygen atoms in total. The van der Waals surface area contributed by atoms with E-state index in [9.17, 15) is 4.79 Å². The van der Waals surface area contributed by atoms with Gasteiger partial charge in [-0.2, -0.15) is 5.26 Å². The lowest BCUT2D eigenvalue weighted by molar-refractivity contribution is -0.152. The molecule has 0 spiro atoms. The molecule has 74 valence electrons. The van der Waals surface area contributed by atoms with E-state index in [1.54, 1.807) is 6.07 Å². The van der Waals surface area contributed by atoms with E-state index in [1.165, 1.54) is 18.3 Å². The summed E-state index contributed by atoms with van der Waals surface area (Å²) in [7, 11) is 0. The van der Waals surface area contributed by atoms with E-state index < -0.39 is 11.6 Å². The van der Waals surface area contributed by atoms with E-state index in [0.717, 1.165) is 4.88 Å². The van der Waals surface area contributed by atoms with Crippen molar-refractivity contribution in [1.29, 1.82) is 5.26 Å². The monoisotopic (exact) mass is 209 g/mol. The Balaban J connectivity index is 3.05. The Bertz CT molecular complexity index is 353. The average molecular weight is 209 g/mol.